The molecule has 1 fully saturated rings. The van der Waals surface area contributed by atoms with Crippen molar-refractivity contribution in [2.75, 3.05) is 11.9 Å². The lowest BCUT2D eigenvalue weighted by atomic mass is 10.1. The fourth-order valence-corrected chi connectivity index (χ4v) is 2.01. The maximum absolute atomic E-state index is 11.7. The number of Topliss-reactive ketones (excluding diaryl/α,β-unsaturated/α-hetero) is 1. The summed E-state index contributed by atoms with van der Waals surface area (Å²) in [4.78, 5) is 33.8. The van der Waals surface area contributed by atoms with Crippen LogP contribution in [-0.4, -0.2) is 30.3 Å². The Morgan fingerprint density at radius 2 is 2.00 bits per heavy atom. The van der Waals surface area contributed by atoms with Crippen LogP contribution >= 0.6 is 0 Å². The first-order chi connectivity index (χ1) is 9.54. The van der Waals surface area contributed by atoms with Crippen LogP contribution in [0.3, 0.4) is 0 Å². The second-order valence-electron chi connectivity index (χ2n) is 4.77. The van der Waals surface area contributed by atoms with E-state index in [1.807, 2.05) is 0 Å². The lowest BCUT2D eigenvalue weighted by Crippen LogP contribution is -2.40. The molecular weight excluding hydrogens is 258 g/mol. The van der Waals surface area contributed by atoms with E-state index in [0.29, 0.717) is 24.2 Å². The summed E-state index contributed by atoms with van der Waals surface area (Å²) in [6, 6.07) is 6.35. The predicted octanol–water partition coefficient (Wildman–Crippen LogP) is 1.29. The zero-order valence-electron chi connectivity index (χ0n) is 11.2. The van der Waals surface area contributed by atoms with Gasteiger partial charge in [-0.25, -0.2) is 4.79 Å². The Morgan fingerprint density at radius 3 is 2.55 bits per heavy atom. The number of hydrogen-bond donors (Lipinski definition) is 3. The van der Waals surface area contributed by atoms with Crippen LogP contribution in [-0.2, 0) is 4.79 Å². The quantitative estimate of drug-likeness (QED) is 0.723. The molecule has 0 saturated carbocycles. The van der Waals surface area contributed by atoms with Gasteiger partial charge in [-0.3, -0.25) is 9.59 Å². The van der Waals surface area contributed by atoms with Crippen molar-refractivity contribution in [3.63, 3.8) is 0 Å². The number of amides is 3. The summed E-state index contributed by atoms with van der Waals surface area (Å²) in [7, 11) is 0. The van der Waals surface area contributed by atoms with Gasteiger partial charge in [-0.2, -0.15) is 0 Å². The van der Waals surface area contributed by atoms with Gasteiger partial charge in [0.15, 0.2) is 5.78 Å². The number of carbonyl (C=O) groups is 3. The monoisotopic (exact) mass is 275 g/mol. The fraction of sp³-hybridized carbons (Fsp3) is 0.357. The van der Waals surface area contributed by atoms with Crippen LogP contribution in [0.2, 0.25) is 0 Å². The number of carbonyl (C=O) groups excluding carboxylic acids is 3. The highest BCUT2D eigenvalue weighted by Gasteiger charge is 2.20. The minimum absolute atomic E-state index is 0.00772. The van der Waals surface area contributed by atoms with Crippen LogP contribution in [0.5, 0.6) is 0 Å². The van der Waals surface area contributed by atoms with E-state index in [-0.39, 0.29) is 23.8 Å². The molecule has 0 radical (unpaired) electrons. The van der Waals surface area contributed by atoms with Gasteiger partial charge in [0.1, 0.15) is 0 Å². The summed E-state index contributed by atoms with van der Waals surface area (Å²) >= 11 is 0. The number of nitrogens with one attached hydrogen (secondary N) is 3. The van der Waals surface area contributed by atoms with Gasteiger partial charge in [0.25, 0.3) is 0 Å². The highest BCUT2D eigenvalue weighted by Crippen LogP contribution is 2.10. The summed E-state index contributed by atoms with van der Waals surface area (Å²) in [5.41, 5.74) is 1.22. The van der Waals surface area contributed by atoms with E-state index in [9.17, 15) is 14.4 Å². The largest absolute Gasteiger partial charge is 0.352 e. The highest BCUT2D eigenvalue weighted by molar-refractivity contribution is 5.95. The van der Waals surface area contributed by atoms with Gasteiger partial charge in [0, 0.05) is 30.3 Å². The highest BCUT2D eigenvalue weighted by atomic mass is 16.2. The van der Waals surface area contributed by atoms with Gasteiger partial charge >= 0.3 is 6.03 Å². The molecule has 20 heavy (non-hydrogen) atoms. The number of ketones is 1. The Kier molecular flexibility index (Phi) is 4.34. The topological polar surface area (TPSA) is 87.3 Å². The molecule has 1 atom stereocenters. The lowest BCUT2D eigenvalue weighted by molar-refractivity contribution is -0.119. The molecule has 0 bridgehead atoms. The van der Waals surface area contributed by atoms with Gasteiger partial charge in [-0.15, -0.1) is 0 Å². The van der Waals surface area contributed by atoms with Gasteiger partial charge < -0.3 is 16.0 Å². The summed E-state index contributed by atoms with van der Waals surface area (Å²) in [6.07, 6.45) is 1.26. The molecule has 1 unspecified atom stereocenters. The van der Waals surface area contributed by atoms with E-state index in [4.69, 9.17) is 0 Å². The molecule has 106 valence electrons. The predicted molar refractivity (Wildman–Crippen MR) is 74.6 cm³/mol. The van der Waals surface area contributed by atoms with Gasteiger partial charge in [0.05, 0.1) is 0 Å². The first kappa shape index (κ1) is 14.0. The second-order valence-corrected chi connectivity index (χ2v) is 4.77. The van der Waals surface area contributed by atoms with Crippen molar-refractivity contribution in [3.8, 4) is 0 Å². The molecule has 3 N–H and O–H groups in total. The Morgan fingerprint density at radius 1 is 1.30 bits per heavy atom. The van der Waals surface area contributed by atoms with Gasteiger partial charge in [-0.05, 0) is 37.6 Å². The van der Waals surface area contributed by atoms with Crippen LogP contribution in [0, 0.1) is 0 Å². The van der Waals surface area contributed by atoms with Crippen molar-refractivity contribution in [2.45, 2.75) is 25.8 Å². The smallest absolute Gasteiger partial charge is 0.319 e. The zero-order valence-corrected chi connectivity index (χ0v) is 11.2. The molecule has 6 nitrogen and oxygen atoms in total. The number of rotatable bonds is 4. The Labute approximate surface area is 116 Å². The van der Waals surface area contributed by atoms with Crippen molar-refractivity contribution >= 4 is 23.4 Å². The zero-order chi connectivity index (χ0) is 14.5. The first-order valence-electron chi connectivity index (χ1n) is 6.50. The van der Waals surface area contributed by atoms with E-state index in [1.165, 1.54) is 6.92 Å². The van der Waals surface area contributed by atoms with Crippen LogP contribution in [0.15, 0.2) is 24.3 Å². The van der Waals surface area contributed by atoms with Crippen LogP contribution in [0.25, 0.3) is 0 Å². The molecule has 1 saturated heterocycles. The lowest BCUT2D eigenvalue weighted by Gasteiger charge is -2.12. The van der Waals surface area contributed by atoms with Gasteiger partial charge in [0.2, 0.25) is 5.91 Å². The van der Waals surface area contributed by atoms with Crippen molar-refractivity contribution in [1.29, 1.82) is 0 Å². The third-order valence-electron chi connectivity index (χ3n) is 3.14. The number of anilines is 1. The Hall–Kier alpha value is -2.37. The second kappa shape index (κ2) is 6.18. The molecular formula is C14H17N3O3. The standard InChI is InChI=1S/C14H17N3O3/c1-9(18)10-2-4-11(5-3-10)17-14(20)15-8-12-6-7-13(19)16-12/h2-5,12H,6-8H2,1H3,(H,16,19)(H2,15,17,20). The van der Waals surface area contributed by atoms with Crippen molar-refractivity contribution in [2.24, 2.45) is 0 Å². The van der Waals surface area contributed by atoms with Crippen LogP contribution in [0.4, 0.5) is 10.5 Å². The number of urea groups is 1. The molecule has 1 aromatic carbocycles. The molecule has 0 aliphatic carbocycles. The summed E-state index contributed by atoms with van der Waals surface area (Å²) in [5.74, 6) is 0.00926. The van der Waals surface area contributed by atoms with Gasteiger partial charge in [-0.1, -0.05) is 0 Å². The number of hydrogen-bond acceptors (Lipinski definition) is 3. The average molecular weight is 275 g/mol. The molecule has 1 aromatic rings. The number of benzene rings is 1. The van der Waals surface area contributed by atoms with Crippen LogP contribution < -0.4 is 16.0 Å². The minimum atomic E-state index is -0.332. The fourth-order valence-electron chi connectivity index (χ4n) is 2.01. The third kappa shape index (κ3) is 3.81. The molecule has 1 aliphatic rings. The summed E-state index contributed by atoms with van der Waals surface area (Å²) in [6.45, 7) is 1.90. The Bertz CT molecular complexity index is 525. The normalized spacial score (nSPS) is 17.4. The molecule has 2 rings (SSSR count). The average Bonchev–Trinajstić information content (AvgIpc) is 2.83. The van der Waals surface area contributed by atoms with E-state index < -0.39 is 0 Å². The molecule has 0 aromatic heterocycles. The van der Waals surface area contributed by atoms with Crippen molar-refractivity contribution in [3.05, 3.63) is 29.8 Å². The minimum Gasteiger partial charge on any atom is -0.352 e. The molecule has 1 aliphatic heterocycles. The molecule has 1 heterocycles. The molecule has 0 spiro atoms. The SMILES string of the molecule is CC(=O)c1ccc(NC(=O)NCC2CCC(=O)N2)cc1. The summed E-state index contributed by atoms with van der Waals surface area (Å²) < 4.78 is 0. The Balaban J connectivity index is 1.79. The molecule has 3 amide bonds. The van der Waals surface area contributed by atoms with Crippen molar-refractivity contribution in [1.82, 2.24) is 10.6 Å². The third-order valence-corrected chi connectivity index (χ3v) is 3.14. The van der Waals surface area contributed by atoms with E-state index in [0.717, 1.165) is 6.42 Å². The first-order valence-corrected chi connectivity index (χ1v) is 6.50. The van der Waals surface area contributed by atoms with E-state index >= 15 is 0 Å². The maximum atomic E-state index is 11.7. The maximum Gasteiger partial charge on any atom is 0.319 e. The van der Waals surface area contributed by atoms with Crippen LogP contribution in [0.1, 0.15) is 30.1 Å². The van der Waals surface area contributed by atoms with Crippen molar-refractivity contribution < 1.29 is 14.4 Å². The molecule has 6 heteroatoms. The summed E-state index contributed by atoms with van der Waals surface area (Å²) in [5, 5.41) is 8.14. The van der Waals surface area contributed by atoms with E-state index in [2.05, 4.69) is 16.0 Å². The van der Waals surface area contributed by atoms with E-state index in [1.54, 1.807) is 24.3 Å².